The standard InChI is InChI=1S/C13H17BrN2O/c1-13(2,9-15)6-7-16-12-8-10(17-3)4-5-11(12)14/h4-5,8,16H,6-7H2,1-3H3. The second kappa shape index (κ2) is 5.92. The van der Waals surface area contributed by atoms with Crippen LogP contribution in [0.1, 0.15) is 20.3 Å². The van der Waals surface area contributed by atoms with Gasteiger partial charge in [0.1, 0.15) is 5.75 Å². The minimum atomic E-state index is -0.293. The van der Waals surface area contributed by atoms with E-state index in [1.54, 1.807) is 7.11 Å². The van der Waals surface area contributed by atoms with E-state index in [2.05, 4.69) is 27.3 Å². The zero-order chi connectivity index (χ0) is 12.9. The zero-order valence-corrected chi connectivity index (χ0v) is 12.0. The molecule has 0 fully saturated rings. The summed E-state index contributed by atoms with van der Waals surface area (Å²) in [5.74, 6) is 0.815. The summed E-state index contributed by atoms with van der Waals surface area (Å²) in [5.41, 5.74) is 0.691. The lowest BCUT2D eigenvalue weighted by Gasteiger charge is -2.16. The predicted octanol–water partition coefficient (Wildman–Crippen LogP) is 3.81. The van der Waals surface area contributed by atoms with E-state index in [9.17, 15) is 0 Å². The first-order valence-electron chi connectivity index (χ1n) is 5.47. The Kier molecular flexibility index (Phi) is 4.83. The van der Waals surface area contributed by atoms with Crippen LogP contribution in [0.4, 0.5) is 5.69 Å². The molecular formula is C13H17BrN2O. The minimum Gasteiger partial charge on any atom is -0.497 e. The van der Waals surface area contributed by atoms with E-state index < -0.39 is 0 Å². The van der Waals surface area contributed by atoms with Gasteiger partial charge < -0.3 is 10.1 Å². The SMILES string of the molecule is COc1ccc(Br)c(NCCC(C)(C)C#N)c1. The van der Waals surface area contributed by atoms with E-state index in [0.717, 1.165) is 28.9 Å². The fourth-order valence-electron chi connectivity index (χ4n) is 1.33. The van der Waals surface area contributed by atoms with Gasteiger partial charge in [0.15, 0.2) is 0 Å². The number of nitriles is 1. The highest BCUT2D eigenvalue weighted by molar-refractivity contribution is 9.10. The summed E-state index contributed by atoms with van der Waals surface area (Å²) in [6, 6.07) is 8.06. The van der Waals surface area contributed by atoms with Gasteiger partial charge in [0.2, 0.25) is 0 Å². The van der Waals surface area contributed by atoms with Crippen LogP contribution in [0.25, 0.3) is 0 Å². The average Bonchev–Trinajstić information content (AvgIpc) is 2.31. The molecule has 0 aliphatic rings. The number of anilines is 1. The van der Waals surface area contributed by atoms with Crippen LogP contribution < -0.4 is 10.1 Å². The Hall–Kier alpha value is -1.21. The van der Waals surface area contributed by atoms with Gasteiger partial charge in [-0.2, -0.15) is 5.26 Å². The van der Waals surface area contributed by atoms with Gasteiger partial charge in [-0.05, 0) is 48.3 Å². The first kappa shape index (κ1) is 13.9. The van der Waals surface area contributed by atoms with Crippen molar-refractivity contribution >= 4 is 21.6 Å². The van der Waals surface area contributed by atoms with Crippen molar-refractivity contribution in [1.29, 1.82) is 5.26 Å². The largest absolute Gasteiger partial charge is 0.497 e. The first-order chi connectivity index (χ1) is 7.98. The van der Waals surface area contributed by atoms with Crippen molar-refractivity contribution in [1.82, 2.24) is 0 Å². The normalized spacial score (nSPS) is 10.8. The van der Waals surface area contributed by atoms with Gasteiger partial charge >= 0.3 is 0 Å². The Morgan fingerprint density at radius 2 is 2.18 bits per heavy atom. The Morgan fingerprint density at radius 3 is 2.76 bits per heavy atom. The third-order valence-electron chi connectivity index (χ3n) is 2.54. The quantitative estimate of drug-likeness (QED) is 0.899. The van der Waals surface area contributed by atoms with Crippen LogP contribution in [0.2, 0.25) is 0 Å². The number of hydrogen-bond acceptors (Lipinski definition) is 3. The topological polar surface area (TPSA) is 45.0 Å². The van der Waals surface area contributed by atoms with Crippen molar-refractivity contribution in [2.24, 2.45) is 5.41 Å². The van der Waals surface area contributed by atoms with E-state index in [-0.39, 0.29) is 5.41 Å². The van der Waals surface area contributed by atoms with E-state index in [1.807, 2.05) is 32.0 Å². The van der Waals surface area contributed by atoms with E-state index in [0.29, 0.717) is 0 Å². The Morgan fingerprint density at radius 1 is 1.47 bits per heavy atom. The molecule has 0 atom stereocenters. The zero-order valence-electron chi connectivity index (χ0n) is 10.4. The van der Waals surface area contributed by atoms with Crippen LogP contribution in [-0.2, 0) is 0 Å². The van der Waals surface area contributed by atoms with Crippen molar-refractivity contribution < 1.29 is 4.74 Å². The Bertz CT molecular complexity index is 424. The summed E-state index contributed by atoms with van der Waals surface area (Å²) in [4.78, 5) is 0. The first-order valence-corrected chi connectivity index (χ1v) is 6.26. The number of nitrogens with zero attached hydrogens (tertiary/aromatic N) is 1. The Labute approximate surface area is 111 Å². The molecule has 0 aromatic heterocycles. The van der Waals surface area contributed by atoms with Crippen molar-refractivity contribution in [2.45, 2.75) is 20.3 Å². The van der Waals surface area contributed by atoms with Crippen molar-refractivity contribution in [3.63, 3.8) is 0 Å². The van der Waals surface area contributed by atoms with Crippen LogP contribution in [-0.4, -0.2) is 13.7 Å². The summed E-state index contributed by atoms with van der Waals surface area (Å²) in [6.07, 6.45) is 0.799. The summed E-state index contributed by atoms with van der Waals surface area (Å²) < 4.78 is 6.16. The van der Waals surface area contributed by atoms with Crippen LogP contribution >= 0.6 is 15.9 Å². The molecule has 0 saturated carbocycles. The second-order valence-electron chi connectivity index (χ2n) is 4.52. The van der Waals surface area contributed by atoms with Crippen LogP contribution in [0.5, 0.6) is 5.75 Å². The van der Waals surface area contributed by atoms with Gasteiger partial charge in [-0.1, -0.05) is 0 Å². The van der Waals surface area contributed by atoms with Crippen LogP contribution in [0.3, 0.4) is 0 Å². The molecule has 92 valence electrons. The number of nitrogens with one attached hydrogen (secondary N) is 1. The lowest BCUT2D eigenvalue weighted by molar-refractivity contribution is 0.415. The van der Waals surface area contributed by atoms with Crippen molar-refractivity contribution in [2.75, 3.05) is 19.0 Å². The monoisotopic (exact) mass is 296 g/mol. The third kappa shape index (κ3) is 4.27. The molecule has 0 amide bonds. The summed E-state index contributed by atoms with van der Waals surface area (Å²) >= 11 is 3.47. The second-order valence-corrected chi connectivity index (χ2v) is 5.37. The fraction of sp³-hybridized carbons (Fsp3) is 0.462. The maximum absolute atomic E-state index is 8.92. The third-order valence-corrected chi connectivity index (χ3v) is 3.23. The molecule has 0 aliphatic carbocycles. The molecule has 0 radical (unpaired) electrons. The van der Waals surface area contributed by atoms with E-state index in [4.69, 9.17) is 10.00 Å². The molecule has 1 aromatic carbocycles. The highest BCUT2D eigenvalue weighted by atomic mass is 79.9. The molecule has 1 rings (SSSR count). The number of methoxy groups -OCH3 is 1. The Balaban J connectivity index is 2.61. The predicted molar refractivity (Wildman–Crippen MR) is 73.2 cm³/mol. The maximum atomic E-state index is 8.92. The average molecular weight is 297 g/mol. The highest BCUT2D eigenvalue weighted by Crippen LogP contribution is 2.27. The molecule has 0 unspecified atom stereocenters. The summed E-state index contributed by atoms with van der Waals surface area (Å²) in [5, 5.41) is 12.2. The lowest BCUT2D eigenvalue weighted by atomic mass is 9.91. The maximum Gasteiger partial charge on any atom is 0.121 e. The van der Waals surface area contributed by atoms with Gasteiger partial charge in [-0.15, -0.1) is 0 Å². The minimum absolute atomic E-state index is 0.293. The lowest BCUT2D eigenvalue weighted by Crippen LogP contribution is -2.14. The van der Waals surface area contributed by atoms with Crippen LogP contribution in [0, 0.1) is 16.7 Å². The molecule has 17 heavy (non-hydrogen) atoms. The van der Waals surface area contributed by atoms with Crippen molar-refractivity contribution in [3.8, 4) is 11.8 Å². The molecule has 0 saturated heterocycles. The molecule has 0 spiro atoms. The number of hydrogen-bond donors (Lipinski definition) is 1. The highest BCUT2D eigenvalue weighted by Gasteiger charge is 2.15. The number of benzene rings is 1. The molecule has 1 N–H and O–H groups in total. The van der Waals surface area contributed by atoms with Gasteiger partial charge in [-0.3, -0.25) is 0 Å². The summed E-state index contributed by atoms with van der Waals surface area (Å²) in [6.45, 7) is 4.64. The van der Waals surface area contributed by atoms with Gasteiger partial charge in [0, 0.05) is 17.1 Å². The molecule has 1 aromatic rings. The van der Waals surface area contributed by atoms with Crippen molar-refractivity contribution in [3.05, 3.63) is 22.7 Å². The molecule has 0 heterocycles. The molecule has 0 aliphatic heterocycles. The molecule has 4 heteroatoms. The number of rotatable bonds is 5. The van der Waals surface area contributed by atoms with Gasteiger partial charge in [0.25, 0.3) is 0 Å². The molecule has 3 nitrogen and oxygen atoms in total. The van der Waals surface area contributed by atoms with Gasteiger partial charge in [0.05, 0.1) is 24.3 Å². The van der Waals surface area contributed by atoms with Crippen LogP contribution in [0.15, 0.2) is 22.7 Å². The summed E-state index contributed by atoms with van der Waals surface area (Å²) in [7, 11) is 1.64. The van der Waals surface area contributed by atoms with E-state index >= 15 is 0 Å². The molecule has 0 bridgehead atoms. The number of halogens is 1. The smallest absolute Gasteiger partial charge is 0.121 e. The van der Waals surface area contributed by atoms with Gasteiger partial charge in [-0.25, -0.2) is 0 Å². The fourth-order valence-corrected chi connectivity index (χ4v) is 1.72. The van der Waals surface area contributed by atoms with E-state index in [1.165, 1.54) is 0 Å². The number of ether oxygens (including phenoxy) is 1. The molecular weight excluding hydrogens is 280 g/mol.